The van der Waals surface area contributed by atoms with Crippen LogP contribution in [-0.2, 0) is 0 Å². The van der Waals surface area contributed by atoms with Gasteiger partial charge in [-0.15, -0.1) is 0 Å². The smallest absolute Gasteiger partial charge is 0.121 e. The molecule has 0 aliphatic heterocycles. The molecule has 0 aromatic heterocycles. The third-order valence-electron chi connectivity index (χ3n) is 1.59. The molecule has 0 aliphatic carbocycles. The highest BCUT2D eigenvalue weighted by Crippen LogP contribution is 2.24. The van der Waals surface area contributed by atoms with E-state index in [1.54, 1.807) is 12.1 Å². The number of phenols is 1. The van der Waals surface area contributed by atoms with Crippen molar-refractivity contribution in [3.8, 4) is 5.75 Å². The van der Waals surface area contributed by atoms with E-state index in [4.69, 9.17) is 10.8 Å². The Morgan fingerprint density at radius 3 is 2.67 bits per heavy atom. The van der Waals surface area contributed by atoms with Gasteiger partial charge in [0.05, 0.1) is 12.6 Å². The first-order valence-corrected chi connectivity index (χ1v) is 4.58. The van der Waals surface area contributed by atoms with Crippen molar-refractivity contribution in [2.45, 2.75) is 6.04 Å². The lowest BCUT2D eigenvalue weighted by atomic mass is 10.1. The second kappa shape index (κ2) is 4.06. The van der Waals surface area contributed by atoms with Crippen molar-refractivity contribution in [1.29, 1.82) is 0 Å². The molecule has 0 saturated heterocycles. The second-order valence-electron chi connectivity index (χ2n) is 2.49. The van der Waals surface area contributed by atoms with Gasteiger partial charge in [-0.25, -0.2) is 0 Å². The molecule has 0 amide bonds. The molecule has 0 spiro atoms. The SMILES string of the molecule is N[C@@H](CO)c1ccc(I)cc1O. The molecule has 0 radical (unpaired) electrons. The minimum absolute atomic E-state index is 0.142. The van der Waals surface area contributed by atoms with Gasteiger partial charge in [0, 0.05) is 9.13 Å². The molecule has 1 aromatic rings. The van der Waals surface area contributed by atoms with Crippen molar-refractivity contribution in [3.05, 3.63) is 27.3 Å². The van der Waals surface area contributed by atoms with Crippen molar-refractivity contribution in [2.24, 2.45) is 5.73 Å². The Morgan fingerprint density at radius 2 is 2.17 bits per heavy atom. The number of nitrogens with two attached hydrogens (primary N) is 1. The van der Waals surface area contributed by atoms with Crippen LogP contribution in [0.25, 0.3) is 0 Å². The number of aliphatic hydroxyl groups is 1. The van der Waals surface area contributed by atoms with Gasteiger partial charge in [0.25, 0.3) is 0 Å². The van der Waals surface area contributed by atoms with Crippen molar-refractivity contribution in [2.75, 3.05) is 6.61 Å². The molecule has 1 aromatic carbocycles. The zero-order chi connectivity index (χ0) is 9.14. The lowest BCUT2D eigenvalue weighted by Crippen LogP contribution is -2.14. The third-order valence-corrected chi connectivity index (χ3v) is 2.26. The lowest BCUT2D eigenvalue weighted by molar-refractivity contribution is 0.265. The normalized spacial score (nSPS) is 12.9. The standard InChI is InChI=1S/C8H10INO2/c9-5-1-2-6(7(10)4-11)8(12)3-5/h1-3,7,11-12H,4,10H2/t7-/m0/s1. The van der Waals surface area contributed by atoms with E-state index < -0.39 is 6.04 Å². The van der Waals surface area contributed by atoms with Gasteiger partial charge in [0.15, 0.2) is 0 Å². The van der Waals surface area contributed by atoms with Crippen LogP contribution in [0.4, 0.5) is 0 Å². The second-order valence-corrected chi connectivity index (χ2v) is 3.74. The Labute approximate surface area is 84.4 Å². The van der Waals surface area contributed by atoms with Crippen LogP contribution in [0.3, 0.4) is 0 Å². The van der Waals surface area contributed by atoms with Gasteiger partial charge in [-0.2, -0.15) is 0 Å². The van der Waals surface area contributed by atoms with E-state index in [2.05, 4.69) is 22.6 Å². The topological polar surface area (TPSA) is 66.5 Å². The Hall–Kier alpha value is -0.330. The molecular formula is C8H10INO2. The van der Waals surface area contributed by atoms with Gasteiger partial charge in [-0.1, -0.05) is 6.07 Å². The highest BCUT2D eigenvalue weighted by atomic mass is 127. The number of phenolic OH excluding ortho intramolecular Hbond substituents is 1. The summed E-state index contributed by atoms with van der Waals surface area (Å²) in [5.41, 5.74) is 6.11. The van der Waals surface area contributed by atoms with Crippen molar-refractivity contribution in [1.82, 2.24) is 0 Å². The minimum Gasteiger partial charge on any atom is -0.508 e. The van der Waals surface area contributed by atoms with Crippen LogP contribution in [0, 0.1) is 3.57 Å². The Morgan fingerprint density at radius 1 is 1.50 bits per heavy atom. The van der Waals surface area contributed by atoms with Crippen LogP contribution in [-0.4, -0.2) is 16.8 Å². The molecule has 0 bridgehead atoms. The number of aromatic hydroxyl groups is 1. The monoisotopic (exact) mass is 279 g/mol. The molecule has 0 unspecified atom stereocenters. The summed E-state index contributed by atoms with van der Waals surface area (Å²) in [6.45, 7) is -0.159. The summed E-state index contributed by atoms with van der Waals surface area (Å²) < 4.78 is 0.944. The van der Waals surface area contributed by atoms with E-state index in [-0.39, 0.29) is 12.4 Å². The van der Waals surface area contributed by atoms with Gasteiger partial charge in [0.2, 0.25) is 0 Å². The van der Waals surface area contributed by atoms with Gasteiger partial charge >= 0.3 is 0 Å². The van der Waals surface area contributed by atoms with E-state index in [1.165, 1.54) is 0 Å². The average molecular weight is 279 g/mol. The third kappa shape index (κ3) is 2.09. The van der Waals surface area contributed by atoms with Crippen molar-refractivity contribution in [3.63, 3.8) is 0 Å². The summed E-state index contributed by atoms with van der Waals surface area (Å²) in [5.74, 6) is 0.142. The molecule has 0 fully saturated rings. The van der Waals surface area contributed by atoms with Crippen LogP contribution >= 0.6 is 22.6 Å². The Kier molecular flexibility index (Phi) is 3.30. The van der Waals surface area contributed by atoms with Gasteiger partial charge in [-0.3, -0.25) is 0 Å². The van der Waals surface area contributed by atoms with Crippen molar-refractivity contribution < 1.29 is 10.2 Å². The van der Waals surface area contributed by atoms with E-state index in [9.17, 15) is 5.11 Å². The molecule has 4 N–H and O–H groups in total. The fraction of sp³-hybridized carbons (Fsp3) is 0.250. The molecule has 1 atom stereocenters. The highest BCUT2D eigenvalue weighted by molar-refractivity contribution is 14.1. The molecule has 0 saturated carbocycles. The quantitative estimate of drug-likeness (QED) is 0.707. The predicted octanol–water partition coefficient (Wildman–Crippen LogP) is 0.989. The number of benzene rings is 1. The summed E-state index contributed by atoms with van der Waals surface area (Å²) in [6.07, 6.45) is 0. The Balaban J connectivity index is 3.01. The van der Waals surface area contributed by atoms with E-state index in [0.29, 0.717) is 5.56 Å². The summed E-state index contributed by atoms with van der Waals surface area (Å²) in [5, 5.41) is 18.1. The van der Waals surface area contributed by atoms with Crippen LogP contribution in [0.15, 0.2) is 18.2 Å². The largest absolute Gasteiger partial charge is 0.508 e. The first kappa shape index (κ1) is 9.76. The van der Waals surface area contributed by atoms with Gasteiger partial charge in [0.1, 0.15) is 5.75 Å². The molecule has 0 heterocycles. The number of halogens is 1. The number of hydrogen-bond donors (Lipinski definition) is 3. The molecule has 4 heteroatoms. The summed E-state index contributed by atoms with van der Waals surface area (Å²) in [6, 6.07) is 4.68. The van der Waals surface area contributed by atoms with E-state index in [1.807, 2.05) is 6.07 Å². The maximum absolute atomic E-state index is 9.40. The number of hydrogen-bond acceptors (Lipinski definition) is 3. The summed E-state index contributed by atoms with van der Waals surface area (Å²) >= 11 is 2.09. The molecule has 1 rings (SSSR count). The van der Waals surface area contributed by atoms with Crippen LogP contribution < -0.4 is 5.73 Å². The fourth-order valence-corrected chi connectivity index (χ4v) is 1.40. The zero-order valence-electron chi connectivity index (χ0n) is 6.37. The molecule has 66 valence electrons. The zero-order valence-corrected chi connectivity index (χ0v) is 8.52. The highest BCUT2D eigenvalue weighted by Gasteiger charge is 2.08. The van der Waals surface area contributed by atoms with E-state index >= 15 is 0 Å². The predicted molar refractivity (Wildman–Crippen MR) is 54.8 cm³/mol. The number of aliphatic hydroxyl groups excluding tert-OH is 1. The van der Waals surface area contributed by atoms with Crippen LogP contribution in [0.5, 0.6) is 5.75 Å². The summed E-state index contributed by atoms with van der Waals surface area (Å²) in [7, 11) is 0. The maximum atomic E-state index is 9.40. The number of rotatable bonds is 2. The molecular weight excluding hydrogens is 269 g/mol. The van der Waals surface area contributed by atoms with Crippen molar-refractivity contribution >= 4 is 22.6 Å². The first-order valence-electron chi connectivity index (χ1n) is 3.50. The molecule has 12 heavy (non-hydrogen) atoms. The summed E-state index contributed by atoms with van der Waals surface area (Å²) in [4.78, 5) is 0. The molecule has 3 nitrogen and oxygen atoms in total. The van der Waals surface area contributed by atoms with Crippen LogP contribution in [0.1, 0.15) is 11.6 Å². The lowest BCUT2D eigenvalue weighted by Gasteiger charge is -2.10. The van der Waals surface area contributed by atoms with Crippen LogP contribution in [0.2, 0.25) is 0 Å². The minimum atomic E-state index is -0.498. The molecule has 0 aliphatic rings. The van der Waals surface area contributed by atoms with Gasteiger partial charge < -0.3 is 15.9 Å². The average Bonchev–Trinajstić information content (AvgIpc) is 2.03. The Bertz CT molecular complexity index is 278. The fourth-order valence-electron chi connectivity index (χ4n) is 0.929. The maximum Gasteiger partial charge on any atom is 0.121 e. The van der Waals surface area contributed by atoms with Gasteiger partial charge in [-0.05, 0) is 34.7 Å². The first-order chi connectivity index (χ1) is 5.65. The van der Waals surface area contributed by atoms with E-state index in [0.717, 1.165) is 3.57 Å².